The van der Waals surface area contributed by atoms with Crippen LogP contribution in [0.2, 0.25) is 0 Å². The summed E-state index contributed by atoms with van der Waals surface area (Å²) in [6.45, 7) is -0.629. The molecule has 0 aliphatic carbocycles. The Kier molecular flexibility index (Phi) is 5.73. The number of phenols is 2. The first-order valence-electron chi connectivity index (χ1n) is 9.62. The Bertz CT molecular complexity index is 957. The molecule has 0 spiro atoms. The molecule has 0 aromatic heterocycles. The number of ketones is 1. The molecule has 0 radical (unpaired) electrons. The van der Waals surface area contributed by atoms with Gasteiger partial charge in [0.05, 0.1) is 13.0 Å². The minimum absolute atomic E-state index is 0.0473. The van der Waals surface area contributed by atoms with Crippen LogP contribution in [0.5, 0.6) is 23.0 Å². The third kappa shape index (κ3) is 3.91. The number of Topliss-reactive ketones (excluding diaryl/α,β-unsaturated/α-hetero) is 1. The van der Waals surface area contributed by atoms with Gasteiger partial charge in [0.25, 0.3) is 0 Å². The number of phenolic OH excluding ortho intramolecular Hbond substituents is 2. The summed E-state index contributed by atoms with van der Waals surface area (Å²) < 4.78 is 16.9. The minimum atomic E-state index is -1.66. The summed E-state index contributed by atoms with van der Waals surface area (Å²) in [5.74, 6) is -0.794. The number of fused-ring (bicyclic) bond motifs is 1. The van der Waals surface area contributed by atoms with Crippen LogP contribution in [0.15, 0.2) is 36.4 Å². The summed E-state index contributed by atoms with van der Waals surface area (Å²) in [5, 5.41) is 59.1. The summed E-state index contributed by atoms with van der Waals surface area (Å²) in [7, 11) is 0. The molecule has 31 heavy (non-hydrogen) atoms. The summed E-state index contributed by atoms with van der Waals surface area (Å²) in [4.78, 5) is 12.7. The Morgan fingerprint density at radius 3 is 2.35 bits per heavy atom. The highest BCUT2D eigenvalue weighted by molar-refractivity contribution is 6.03. The molecule has 6 N–H and O–H groups in total. The van der Waals surface area contributed by atoms with E-state index in [1.165, 1.54) is 24.3 Å². The molecule has 2 aliphatic heterocycles. The van der Waals surface area contributed by atoms with Crippen LogP contribution in [0.25, 0.3) is 0 Å². The zero-order valence-electron chi connectivity index (χ0n) is 16.2. The van der Waals surface area contributed by atoms with Crippen LogP contribution >= 0.6 is 0 Å². The zero-order valence-corrected chi connectivity index (χ0v) is 16.2. The average Bonchev–Trinajstić information content (AvgIpc) is 2.76. The van der Waals surface area contributed by atoms with Crippen molar-refractivity contribution in [3.63, 3.8) is 0 Å². The highest BCUT2D eigenvalue weighted by atomic mass is 16.7. The zero-order chi connectivity index (χ0) is 22.3. The summed E-state index contributed by atoms with van der Waals surface area (Å²) in [5.41, 5.74) is 0.510. The van der Waals surface area contributed by atoms with Gasteiger partial charge in [0.1, 0.15) is 47.6 Å². The van der Waals surface area contributed by atoms with E-state index in [2.05, 4.69) is 0 Å². The molecule has 6 atom stereocenters. The number of aliphatic hydroxyl groups is 4. The Labute approximate surface area is 176 Å². The van der Waals surface area contributed by atoms with Crippen molar-refractivity contribution in [3.8, 4) is 23.0 Å². The largest absolute Gasteiger partial charge is 0.508 e. The van der Waals surface area contributed by atoms with Gasteiger partial charge >= 0.3 is 0 Å². The SMILES string of the molecule is O=C1C[C@@H](c2ccc(O)cc2)Oc2c(O[C@@H]3O[C@H](CO)[C@@H](O)[C@H](O)[C@H]3O)ccc(O)c21. The number of ether oxygens (including phenoxy) is 3. The lowest BCUT2D eigenvalue weighted by Crippen LogP contribution is -2.60. The molecule has 2 aliphatic rings. The van der Waals surface area contributed by atoms with Crippen LogP contribution in [-0.2, 0) is 4.74 Å². The van der Waals surface area contributed by atoms with Gasteiger partial charge in [-0.1, -0.05) is 12.1 Å². The highest BCUT2D eigenvalue weighted by Gasteiger charge is 2.45. The van der Waals surface area contributed by atoms with Crippen LogP contribution in [0.1, 0.15) is 28.4 Å². The highest BCUT2D eigenvalue weighted by Crippen LogP contribution is 2.45. The quantitative estimate of drug-likeness (QED) is 0.385. The van der Waals surface area contributed by atoms with Crippen molar-refractivity contribution in [2.45, 2.75) is 43.2 Å². The molecule has 1 saturated heterocycles. The maximum atomic E-state index is 12.7. The van der Waals surface area contributed by atoms with E-state index < -0.39 is 49.2 Å². The van der Waals surface area contributed by atoms with Gasteiger partial charge in [0.15, 0.2) is 17.3 Å². The number of benzene rings is 2. The van der Waals surface area contributed by atoms with Crippen LogP contribution in [0, 0.1) is 0 Å². The molecule has 0 unspecified atom stereocenters. The van der Waals surface area contributed by atoms with E-state index in [1.54, 1.807) is 12.1 Å². The van der Waals surface area contributed by atoms with E-state index in [9.17, 15) is 35.4 Å². The minimum Gasteiger partial charge on any atom is -0.508 e. The predicted molar refractivity (Wildman–Crippen MR) is 103 cm³/mol. The molecule has 1 fully saturated rings. The van der Waals surface area contributed by atoms with Crippen LogP contribution in [0.4, 0.5) is 0 Å². The molecule has 2 heterocycles. The van der Waals surface area contributed by atoms with E-state index in [1.807, 2.05) is 0 Å². The number of hydrogen-bond acceptors (Lipinski definition) is 10. The maximum absolute atomic E-state index is 12.7. The van der Waals surface area contributed by atoms with Crippen LogP contribution in [-0.4, -0.2) is 73.7 Å². The Morgan fingerprint density at radius 2 is 1.68 bits per heavy atom. The van der Waals surface area contributed by atoms with E-state index >= 15 is 0 Å². The molecular weight excluding hydrogens is 412 g/mol. The van der Waals surface area contributed by atoms with Gasteiger partial charge in [-0.3, -0.25) is 4.79 Å². The second-order valence-electron chi connectivity index (χ2n) is 7.43. The summed E-state index contributed by atoms with van der Waals surface area (Å²) in [6, 6.07) is 8.62. The van der Waals surface area contributed by atoms with Crippen molar-refractivity contribution in [1.82, 2.24) is 0 Å². The predicted octanol–water partition coefficient (Wildman–Crippen LogP) is -0.0170. The normalized spacial score (nSPS) is 30.4. The van der Waals surface area contributed by atoms with Gasteiger partial charge in [0.2, 0.25) is 6.29 Å². The van der Waals surface area contributed by atoms with Crippen molar-refractivity contribution in [2.75, 3.05) is 6.61 Å². The number of carbonyl (C=O) groups excluding carboxylic acids is 1. The average molecular weight is 434 g/mol. The first kappa shape index (κ1) is 21.3. The molecule has 0 saturated carbocycles. The van der Waals surface area contributed by atoms with Gasteiger partial charge in [-0.05, 0) is 29.8 Å². The molecule has 10 nitrogen and oxygen atoms in total. The fourth-order valence-corrected chi connectivity index (χ4v) is 3.65. The fourth-order valence-electron chi connectivity index (χ4n) is 3.65. The van der Waals surface area contributed by atoms with Crippen LogP contribution in [0.3, 0.4) is 0 Å². The monoisotopic (exact) mass is 434 g/mol. The van der Waals surface area contributed by atoms with Gasteiger partial charge in [0, 0.05) is 0 Å². The third-order valence-corrected chi connectivity index (χ3v) is 5.37. The first-order valence-corrected chi connectivity index (χ1v) is 9.62. The van der Waals surface area contributed by atoms with Gasteiger partial charge in [-0.2, -0.15) is 0 Å². The second-order valence-corrected chi connectivity index (χ2v) is 7.43. The molecule has 166 valence electrons. The molecule has 0 bridgehead atoms. The van der Waals surface area contributed by atoms with Gasteiger partial charge in [-0.15, -0.1) is 0 Å². The lowest BCUT2D eigenvalue weighted by molar-refractivity contribution is -0.277. The van der Waals surface area contributed by atoms with Crippen molar-refractivity contribution < 1.29 is 49.6 Å². The number of hydrogen-bond donors (Lipinski definition) is 6. The van der Waals surface area contributed by atoms with Crippen molar-refractivity contribution in [2.24, 2.45) is 0 Å². The molecular formula is C21H22O10. The Balaban J connectivity index is 1.66. The second kappa shape index (κ2) is 8.33. The van der Waals surface area contributed by atoms with E-state index in [-0.39, 0.29) is 35.0 Å². The topological polar surface area (TPSA) is 166 Å². The lowest BCUT2D eigenvalue weighted by Gasteiger charge is -2.40. The summed E-state index contributed by atoms with van der Waals surface area (Å²) in [6.07, 6.45) is -8.30. The Morgan fingerprint density at radius 1 is 0.968 bits per heavy atom. The molecule has 0 amide bonds. The van der Waals surface area contributed by atoms with Crippen molar-refractivity contribution >= 4 is 5.78 Å². The molecule has 4 rings (SSSR count). The number of rotatable bonds is 4. The first-order chi connectivity index (χ1) is 14.8. The summed E-state index contributed by atoms with van der Waals surface area (Å²) >= 11 is 0. The Hall–Kier alpha value is -2.89. The van der Waals surface area contributed by atoms with Crippen molar-refractivity contribution in [1.29, 1.82) is 0 Å². The fraction of sp³-hybridized carbons (Fsp3) is 0.381. The number of aromatic hydroxyl groups is 2. The van der Waals surface area contributed by atoms with Gasteiger partial charge in [-0.25, -0.2) is 0 Å². The smallest absolute Gasteiger partial charge is 0.229 e. The lowest BCUT2D eigenvalue weighted by atomic mass is 9.95. The number of carbonyl (C=O) groups is 1. The molecule has 2 aromatic rings. The number of aliphatic hydroxyl groups excluding tert-OH is 4. The van der Waals surface area contributed by atoms with E-state index in [0.29, 0.717) is 5.56 Å². The third-order valence-electron chi connectivity index (χ3n) is 5.37. The maximum Gasteiger partial charge on any atom is 0.229 e. The molecule has 2 aromatic carbocycles. The molecule has 10 heteroatoms. The standard InChI is InChI=1S/C21H22O10/c22-8-15-17(26)18(27)19(28)21(31-15)30-13-6-5-11(24)16-12(25)7-14(29-20(13)16)9-1-3-10(23)4-2-9/h1-6,14-15,17-19,21-24,26-28H,7-8H2/t14-,15+,17+,18-,19+,21+/m0/s1. The van der Waals surface area contributed by atoms with E-state index in [4.69, 9.17) is 14.2 Å². The van der Waals surface area contributed by atoms with E-state index in [0.717, 1.165) is 0 Å². The van der Waals surface area contributed by atoms with Crippen molar-refractivity contribution in [3.05, 3.63) is 47.5 Å². The van der Waals surface area contributed by atoms with Crippen LogP contribution < -0.4 is 9.47 Å². The van der Waals surface area contributed by atoms with Gasteiger partial charge < -0.3 is 44.8 Å².